The lowest BCUT2D eigenvalue weighted by Crippen LogP contribution is -2.43. The highest BCUT2D eigenvalue weighted by Gasteiger charge is 2.36. The summed E-state index contributed by atoms with van der Waals surface area (Å²) in [4.78, 5) is 36.3. The molecule has 1 aliphatic rings. The summed E-state index contributed by atoms with van der Waals surface area (Å²) in [7, 11) is 0. The quantitative estimate of drug-likeness (QED) is 0.743. The number of halogens is 1. The molecule has 7 nitrogen and oxygen atoms in total. The maximum atomic E-state index is 12.1. The van der Waals surface area contributed by atoms with Crippen molar-refractivity contribution in [3.63, 3.8) is 0 Å². The molecule has 130 valence electrons. The van der Waals surface area contributed by atoms with Crippen molar-refractivity contribution in [2.24, 2.45) is 11.8 Å². The second-order valence-electron chi connectivity index (χ2n) is 5.88. The van der Waals surface area contributed by atoms with Gasteiger partial charge in [0.15, 0.2) is 0 Å². The molecule has 2 atom stereocenters. The van der Waals surface area contributed by atoms with Crippen molar-refractivity contribution in [3.8, 4) is 0 Å². The van der Waals surface area contributed by atoms with E-state index in [1.807, 2.05) is 0 Å². The van der Waals surface area contributed by atoms with E-state index in [0.29, 0.717) is 18.1 Å². The highest BCUT2D eigenvalue weighted by atomic mass is 35.5. The standard InChI is InChI=1S/C16H20ClN3O4/c1-10-8-20(9-13(10)15(22)23)14(21)7-19-16(24)18-6-11-2-4-12(17)5-3-11/h2-5,10,13H,6-9H2,1H3,(H,22,23)(H2,18,19,24)/t10-,13-/m1/s1. The molecule has 1 fully saturated rings. The van der Waals surface area contributed by atoms with Crippen LogP contribution in [0.4, 0.5) is 4.79 Å². The molecule has 1 saturated heterocycles. The number of aliphatic carboxylic acids is 1. The van der Waals surface area contributed by atoms with Gasteiger partial charge in [-0.1, -0.05) is 30.7 Å². The molecule has 0 saturated carbocycles. The van der Waals surface area contributed by atoms with Gasteiger partial charge < -0.3 is 20.6 Å². The molecule has 0 radical (unpaired) electrons. The number of likely N-dealkylation sites (tertiary alicyclic amines) is 1. The SMILES string of the molecule is C[C@@H]1CN(C(=O)CNC(=O)NCc2ccc(Cl)cc2)C[C@H]1C(=O)O. The van der Waals surface area contributed by atoms with Crippen molar-refractivity contribution >= 4 is 29.5 Å². The van der Waals surface area contributed by atoms with Gasteiger partial charge in [-0.15, -0.1) is 0 Å². The summed E-state index contributed by atoms with van der Waals surface area (Å²) < 4.78 is 0. The molecule has 0 aromatic heterocycles. The van der Waals surface area contributed by atoms with Crippen LogP contribution in [0, 0.1) is 11.8 Å². The van der Waals surface area contributed by atoms with Gasteiger partial charge in [-0.3, -0.25) is 9.59 Å². The predicted molar refractivity (Wildman–Crippen MR) is 88.6 cm³/mol. The molecule has 2 rings (SSSR count). The van der Waals surface area contributed by atoms with Gasteiger partial charge in [0.25, 0.3) is 0 Å². The van der Waals surface area contributed by atoms with Gasteiger partial charge in [-0.25, -0.2) is 4.79 Å². The van der Waals surface area contributed by atoms with E-state index < -0.39 is 17.9 Å². The van der Waals surface area contributed by atoms with Crippen LogP contribution in [0.3, 0.4) is 0 Å². The first-order valence-electron chi connectivity index (χ1n) is 7.63. The second-order valence-corrected chi connectivity index (χ2v) is 6.32. The number of hydrogen-bond acceptors (Lipinski definition) is 3. The fourth-order valence-electron chi connectivity index (χ4n) is 2.61. The van der Waals surface area contributed by atoms with Crippen molar-refractivity contribution in [1.82, 2.24) is 15.5 Å². The molecule has 0 bridgehead atoms. The molecular formula is C16H20ClN3O4. The summed E-state index contributed by atoms with van der Waals surface area (Å²) >= 11 is 5.78. The van der Waals surface area contributed by atoms with Crippen LogP contribution in [0.2, 0.25) is 5.02 Å². The largest absolute Gasteiger partial charge is 0.481 e. The third-order valence-corrected chi connectivity index (χ3v) is 4.30. The van der Waals surface area contributed by atoms with Crippen LogP contribution in [0.5, 0.6) is 0 Å². The predicted octanol–water partition coefficient (Wildman–Crippen LogP) is 1.32. The Morgan fingerprint density at radius 2 is 1.88 bits per heavy atom. The molecule has 24 heavy (non-hydrogen) atoms. The summed E-state index contributed by atoms with van der Waals surface area (Å²) in [6, 6.07) is 6.60. The number of hydrogen-bond donors (Lipinski definition) is 3. The maximum Gasteiger partial charge on any atom is 0.315 e. The van der Waals surface area contributed by atoms with E-state index in [1.54, 1.807) is 31.2 Å². The Hall–Kier alpha value is -2.28. The van der Waals surface area contributed by atoms with E-state index >= 15 is 0 Å². The number of carboxylic acid groups (broad SMARTS) is 1. The highest BCUT2D eigenvalue weighted by Crippen LogP contribution is 2.22. The van der Waals surface area contributed by atoms with Crippen molar-refractivity contribution in [2.45, 2.75) is 13.5 Å². The van der Waals surface area contributed by atoms with Gasteiger partial charge in [0.2, 0.25) is 5.91 Å². The zero-order valence-corrected chi connectivity index (χ0v) is 14.0. The van der Waals surface area contributed by atoms with Gasteiger partial charge in [0.05, 0.1) is 12.5 Å². The number of rotatable bonds is 5. The van der Waals surface area contributed by atoms with E-state index in [4.69, 9.17) is 16.7 Å². The molecule has 0 unspecified atom stereocenters. The minimum Gasteiger partial charge on any atom is -0.481 e. The molecule has 0 aliphatic carbocycles. The molecule has 1 aliphatic heterocycles. The lowest BCUT2D eigenvalue weighted by atomic mass is 9.99. The molecule has 3 amide bonds. The zero-order valence-electron chi connectivity index (χ0n) is 13.3. The molecular weight excluding hydrogens is 334 g/mol. The van der Waals surface area contributed by atoms with Crippen LogP contribution in [0.25, 0.3) is 0 Å². The summed E-state index contributed by atoms with van der Waals surface area (Å²) in [5, 5.41) is 14.8. The second kappa shape index (κ2) is 8.01. The van der Waals surface area contributed by atoms with E-state index in [9.17, 15) is 14.4 Å². The smallest absolute Gasteiger partial charge is 0.315 e. The first-order chi connectivity index (χ1) is 11.4. The lowest BCUT2D eigenvalue weighted by molar-refractivity contribution is -0.142. The number of carboxylic acids is 1. The van der Waals surface area contributed by atoms with Crippen LogP contribution in [0.15, 0.2) is 24.3 Å². The van der Waals surface area contributed by atoms with E-state index in [-0.39, 0.29) is 24.9 Å². The van der Waals surface area contributed by atoms with Crippen molar-refractivity contribution in [3.05, 3.63) is 34.9 Å². The third-order valence-electron chi connectivity index (χ3n) is 4.05. The molecule has 1 aromatic carbocycles. The average Bonchev–Trinajstić information content (AvgIpc) is 2.94. The average molecular weight is 354 g/mol. The summed E-state index contributed by atoms with van der Waals surface area (Å²) in [6.45, 7) is 2.54. The molecule has 1 heterocycles. The zero-order chi connectivity index (χ0) is 17.7. The van der Waals surface area contributed by atoms with E-state index in [1.165, 1.54) is 4.90 Å². The fourth-order valence-corrected chi connectivity index (χ4v) is 2.73. The normalized spacial score (nSPS) is 19.8. The number of benzene rings is 1. The minimum absolute atomic E-state index is 0.0924. The lowest BCUT2D eigenvalue weighted by Gasteiger charge is -2.16. The molecule has 0 spiro atoms. The Balaban J connectivity index is 1.72. The minimum atomic E-state index is -0.897. The first kappa shape index (κ1) is 18.1. The Labute approximate surface area is 145 Å². The van der Waals surface area contributed by atoms with Crippen molar-refractivity contribution in [2.75, 3.05) is 19.6 Å². The van der Waals surface area contributed by atoms with Crippen LogP contribution in [-0.4, -0.2) is 47.5 Å². The van der Waals surface area contributed by atoms with Crippen molar-refractivity contribution < 1.29 is 19.5 Å². The van der Waals surface area contributed by atoms with Gasteiger partial charge in [0.1, 0.15) is 0 Å². The van der Waals surface area contributed by atoms with E-state index in [0.717, 1.165) is 5.56 Å². The first-order valence-corrected chi connectivity index (χ1v) is 8.01. The number of urea groups is 1. The van der Waals surface area contributed by atoms with Gasteiger partial charge in [-0.05, 0) is 23.6 Å². The highest BCUT2D eigenvalue weighted by molar-refractivity contribution is 6.30. The summed E-state index contributed by atoms with van der Waals surface area (Å²) in [6.07, 6.45) is 0. The Morgan fingerprint density at radius 1 is 1.21 bits per heavy atom. The van der Waals surface area contributed by atoms with E-state index in [2.05, 4.69) is 10.6 Å². The topological polar surface area (TPSA) is 98.7 Å². The number of amides is 3. The molecule has 3 N–H and O–H groups in total. The summed E-state index contributed by atoms with van der Waals surface area (Å²) in [5.41, 5.74) is 0.888. The third kappa shape index (κ3) is 4.86. The number of carbonyl (C=O) groups is 3. The number of nitrogens with one attached hydrogen (secondary N) is 2. The molecule has 1 aromatic rings. The maximum absolute atomic E-state index is 12.1. The number of carbonyl (C=O) groups excluding carboxylic acids is 2. The number of nitrogens with zero attached hydrogens (tertiary/aromatic N) is 1. The fraction of sp³-hybridized carbons (Fsp3) is 0.438. The monoisotopic (exact) mass is 353 g/mol. The van der Waals surface area contributed by atoms with Gasteiger partial charge in [0, 0.05) is 24.7 Å². The van der Waals surface area contributed by atoms with Crippen LogP contribution >= 0.6 is 11.6 Å². The Kier molecular flexibility index (Phi) is 6.03. The van der Waals surface area contributed by atoms with Gasteiger partial charge >= 0.3 is 12.0 Å². The van der Waals surface area contributed by atoms with Crippen LogP contribution < -0.4 is 10.6 Å². The van der Waals surface area contributed by atoms with Crippen LogP contribution in [-0.2, 0) is 16.1 Å². The van der Waals surface area contributed by atoms with Crippen LogP contribution in [0.1, 0.15) is 12.5 Å². The molecule has 8 heteroatoms. The van der Waals surface area contributed by atoms with Gasteiger partial charge in [-0.2, -0.15) is 0 Å². The summed E-state index contributed by atoms with van der Waals surface area (Å²) in [5.74, 6) is -1.82. The Bertz CT molecular complexity index is 620. The Morgan fingerprint density at radius 3 is 2.46 bits per heavy atom. The van der Waals surface area contributed by atoms with Crippen molar-refractivity contribution in [1.29, 1.82) is 0 Å².